The summed E-state index contributed by atoms with van der Waals surface area (Å²) < 4.78 is 7.09. The predicted octanol–water partition coefficient (Wildman–Crippen LogP) is 3.19. The van der Waals surface area contributed by atoms with E-state index in [2.05, 4.69) is 15.9 Å². The number of hydrogen-bond donors (Lipinski definition) is 0. The molecule has 0 aliphatic rings. The maximum absolute atomic E-state index is 11.9. The standard InChI is InChI=1S/C14H12BrNO4/c1-7(17)13-11-6-10(15)4-5-12(11)16(8(2)18)14(13)20-9(3)19/h4-6H,1-3H3. The number of halogens is 1. The lowest BCUT2D eigenvalue weighted by molar-refractivity contribution is -0.132. The summed E-state index contributed by atoms with van der Waals surface area (Å²) >= 11 is 3.32. The van der Waals surface area contributed by atoms with Crippen molar-refractivity contribution in [3.8, 4) is 5.88 Å². The van der Waals surface area contributed by atoms with Gasteiger partial charge in [0.15, 0.2) is 5.78 Å². The van der Waals surface area contributed by atoms with Crippen molar-refractivity contribution in [3.63, 3.8) is 0 Å². The molecule has 0 aliphatic carbocycles. The van der Waals surface area contributed by atoms with E-state index in [0.29, 0.717) is 10.9 Å². The number of carbonyl (C=O) groups excluding carboxylic acids is 3. The van der Waals surface area contributed by atoms with Gasteiger partial charge in [0.05, 0.1) is 11.1 Å². The molecule has 0 spiro atoms. The summed E-state index contributed by atoms with van der Waals surface area (Å²) in [6, 6.07) is 5.17. The Kier molecular flexibility index (Phi) is 3.76. The van der Waals surface area contributed by atoms with Crippen LogP contribution >= 0.6 is 15.9 Å². The maximum atomic E-state index is 11.9. The Morgan fingerprint density at radius 2 is 1.80 bits per heavy atom. The first-order chi connectivity index (χ1) is 9.32. The molecule has 0 fully saturated rings. The molecule has 1 aromatic carbocycles. The van der Waals surface area contributed by atoms with Crippen molar-refractivity contribution in [3.05, 3.63) is 28.2 Å². The molecule has 0 N–H and O–H groups in total. The number of nitrogens with zero attached hydrogens (tertiary/aromatic N) is 1. The van der Waals surface area contributed by atoms with Crippen LogP contribution in [0.15, 0.2) is 22.7 Å². The number of fused-ring (bicyclic) bond motifs is 1. The third-order valence-electron chi connectivity index (χ3n) is 2.79. The molecule has 0 unspecified atom stereocenters. The van der Waals surface area contributed by atoms with Crippen LogP contribution in [-0.4, -0.2) is 22.2 Å². The van der Waals surface area contributed by atoms with Gasteiger partial charge in [-0.15, -0.1) is 0 Å². The van der Waals surface area contributed by atoms with Gasteiger partial charge in [-0.2, -0.15) is 0 Å². The van der Waals surface area contributed by atoms with Gasteiger partial charge in [0.2, 0.25) is 11.8 Å². The van der Waals surface area contributed by atoms with Gasteiger partial charge in [0, 0.05) is 23.7 Å². The molecule has 6 heteroatoms. The van der Waals surface area contributed by atoms with Crippen LogP contribution < -0.4 is 4.74 Å². The lowest BCUT2D eigenvalue weighted by Crippen LogP contribution is -2.13. The zero-order valence-electron chi connectivity index (χ0n) is 11.2. The number of hydrogen-bond acceptors (Lipinski definition) is 4. The molecule has 0 saturated heterocycles. The maximum Gasteiger partial charge on any atom is 0.309 e. The Balaban J connectivity index is 2.94. The quantitative estimate of drug-likeness (QED) is 0.623. The summed E-state index contributed by atoms with van der Waals surface area (Å²) in [6.45, 7) is 3.94. The van der Waals surface area contributed by atoms with Gasteiger partial charge >= 0.3 is 5.97 Å². The fourth-order valence-corrected chi connectivity index (χ4v) is 2.49. The van der Waals surface area contributed by atoms with Crippen molar-refractivity contribution >= 4 is 44.5 Å². The Hall–Kier alpha value is -1.95. The molecule has 0 atom stereocenters. The monoisotopic (exact) mass is 337 g/mol. The van der Waals surface area contributed by atoms with E-state index in [4.69, 9.17) is 4.74 Å². The lowest BCUT2D eigenvalue weighted by atomic mass is 10.1. The van der Waals surface area contributed by atoms with Gasteiger partial charge in [-0.25, -0.2) is 4.57 Å². The van der Waals surface area contributed by atoms with Crippen molar-refractivity contribution in [2.75, 3.05) is 0 Å². The Morgan fingerprint density at radius 3 is 2.30 bits per heavy atom. The Labute approximate surface area is 123 Å². The van der Waals surface area contributed by atoms with E-state index in [1.54, 1.807) is 18.2 Å². The molecule has 20 heavy (non-hydrogen) atoms. The van der Waals surface area contributed by atoms with Crippen LogP contribution in [0, 0.1) is 0 Å². The van der Waals surface area contributed by atoms with Gasteiger partial charge < -0.3 is 4.74 Å². The summed E-state index contributed by atoms with van der Waals surface area (Å²) in [5, 5.41) is 0.568. The highest BCUT2D eigenvalue weighted by Crippen LogP contribution is 2.34. The summed E-state index contributed by atoms with van der Waals surface area (Å²) in [5.74, 6) is -1.21. The summed E-state index contributed by atoms with van der Waals surface area (Å²) in [5.41, 5.74) is 0.758. The minimum Gasteiger partial charge on any atom is -0.408 e. The van der Waals surface area contributed by atoms with Crippen LogP contribution in [0.3, 0.4) is 0 Å². The lowest BCUT2D eigenvalue weighted by Gasteiger charge is -2.06. The minimum atomic E-state index is -0.586. The van der Waals surface area contributed by atoms with E-state index >= 15 is 0 Å². The number of carbonyl (C=O) groups is 3. The second-order valence-electron chi connectivity index (χ2n) is 4.35. The zero-order chi connectivity index (χ0) is 15.0. The van der Waals surface area contributed by atoms with Crippen LogP contribution in [0.4, 0.5) is 0 Å². The summed E-state index contributed by atoms with van der Waals surface area (Å²) in [6.07, 6.45) is 0. The van der Waals surface area contributed by atoms with Gasteiger partial charge in [-0.05, 0) is 25.1 Å². The van der Waals surface area contributed by atoms with Crippen molar-refractivity contribution < 1.29 is 19.1 Å². The Morgan fingerprint density at radius 1 is 1.15 bits per heavy atom. The summed E-state index contributed by atoms with van der Waals surface area (Å²) in [7, 11) is 0. The SMILES string of the molecule is CC(=O)Oc1c(C(C)=O)c2cc(Br)ccc2n1C(C)=O. The fraction of sp³-hybridized carbons (Fsp3) is 0.214. The van der Waals surface area contributed by atoms with E-state index in [9.17, 15) is 14.4 Å². The number of ketones is 1. The first-order valence-corrected chi connectivity index (χ1v) is 6.66. The molecule has 1 heterocycles. The normalized spacial score (nSPS) is 10.6. The van der Waals surface area contributed by atoms with Crippen LogP contribution in [0.2, 0.25) is 0 Å². The molecule has 0 aliphatic heterocycles. The minimum absolute atomic E-state index is 0.0226. The van der Waals surface area contributed by atoms with Crippen molar-refractivity contribution in [2.45, 2.75) is 20.8 Å². The van der Waals surface area contributed by atoms with Crippen LogP contribution in [0.5, 0.6) is 5.88 Å². The highest BCUT2D eigenvalue weighted by molar-refractivity contribution is 9.10. The number of aromatic nitrogens is 1. The average Bonchev–Trinajstić information content (AvgIpc) is 2.60. The van der Waals surface area contributed by atoms with Crippen molar-refractivity contribution in [2.24, 2.45) is 0 Å². The van der Waals surface area contributed by atoms with Crippen LogP contribution in [0.25, 0.3) is 10.9 Å². The molecule has 2 aromatic rings. The Bertz CT molecular complexity index is 745. The number of benzene rings is 1. The van der Waals surface area contributed by atoms with E-state index in [1.165, 1.54) is 25.3 Å². The molecule has 0 radical (unpaired) electrons. The van der Waals surface area contributed by atoms with Gasteiger partial charge in [-0.1, -0.05) is 15.9 Å². The molecule has 0 bridgehead atoms. The third-order valence-corrected chi connectivity index (χ3v) is 3.29. The summed E-state index contributed by atoms with van der Waals surface area (Å²) in [4.78, 5) is 34.9. The van der Waals surface area contributed by atoms with Crippen molar-refractivity contribution in [1.82, 2.24) is 4.57 Å². The highest BCUT2D eigenvalue weighted by Gasteiger charge is 2.25. The third kappa shape index (κ3) is 2.38. The largest absolute Gasteiger partial charge is 0.408 e. The first kappa shape index (κ1) is 14.5. The number of ether oxygens (including phenoxy) is 1. The van der Waals surface area contributed by atoms with Gasteiger partial charge in [0.25, 0.3) is 0 Å². The first-order valence-electron chi connectivity index (χ1n) is 5.87. The highest BCUT2D eigenvalue weighted by atomic mass is 79.9. The van der Waals surface area contributed by atoms with Crippen LogP contribution in [-0.2, 0) is 4.79 Å². The van der Waals surface area contributed by atoms with Crippen LogP contribution in [0.1, 0.15) is 35.9 Å². The van der Waals surface area contributed by atoms with Gasteiger partial charge in [0.1, 0.15) is 0 Å². The number of esters is 1. The molecule has 0 saturated carbocycles. The molecule has 2 rings (SSSR count). The molecular weight excluding hydrogens is 326 g/mol. The van der Waals surface area contributed by atoms with E-state index in [-0.39, 0.29) is 23.1 Å². The van der Waals surface area contributed by atoms with E-state index < -0.39 is 5.97 Å². The van der Waals surface area contributed by atoms with Crippen molar-refractivity contribution in [1.29, 1.82) is 0 Å². The fourth-order valence-electron chi connectivity index (χ4n) is 2.13. The molecule has 104 valence electrons. The molecular formula is C14H12BrNO4. The smallest absolute Gasteiger partial charge is 0.309 e. The molecule has 1 aromatic heterocycles. The second kappa shape index (κ2) is 5.20. The zero-order valence-corrected chi connectivity index (χ0v) is 12.8. The average molecular weight is 338 g/mol. The number of rotatable bonds is 2. The second-order valence-corrected chi connectivity index (χ2v) is 5.26. The number of Topliss-reactive ketones (excluding diaryl/α,β-unsaturated/α-hetero) is 1. The topological polar surface area (TPSA) is 65.4 Å². The van der Waals surface area contributed by atoms with Gasteiger partial charge in [-0.3, -0.25) is 14.4 Å². The molecule has 5 nitrogen and oxygen atoms in total. The van der Waals surface area contributed by atoms with E-state index in [0.717, 1.165) is 4.47 Å². The van der Waals surface area contributed by atoms with E-state index in [1.807, 2.05) is 0 Å². The predicted molar refractivity (Wildman–Crippen MR) is 77.3 cm³/mol. The molecule has 0 amide bonds.